The van der Waals surface area contributed by atoms with Gasteiger partial charge in [0.05, 0.1) is 18.2 Å². The van der Waals surface area contributed by atoms with Gasteiger partial charge in [-0.3, -0.25) is 0 Å². The second kappa shape index (κ2) is 4.55. The third-order valence-electron chi connectivity index (χ3n) is 3.41. The van der Waals surface area contributed by atoms with Gasteiger partial charge >= 0.3 is 0 Å². The Kier molecular flexibility index (Phi) is 2.89. The van der Waals surface area contributed by atoms with Gasteiger partial charge in [-0.05, 0) is 18.6 Å². The minimum Gasteiger partial charge on any atom is -0.392 e. The highest BCUT2D eigenvalue weighted by Gasteiger charge is 2.23. The van der Waals surface area contributed by atoms with Crippen LogP contribution in [0.3, 0.4) is 0 Å². The first-order chi connectivity index (χ1) is 8.78. The second-order valence-corrected chi connectivity index (χ2v) is 4.71. The highest BCUT2D eigenvalue weighted by atomic mass is 16.3. The van der Waals surface area contributed by atoms with Gasteiger partial charge in [-0.15, -0.1) is 0 Å². The number of hydrogen-bond donors (Lipinski definition) is 2. The fourth-order valence-corrected chi connectivity index (χ4v) is 2.47. The van der Waals surface area contributed by atoms with Gasteiger partial charge in [0.15, 0.2) is 0 Å². The van der Waals surface area contributed by atoms with Crippen LogP contribution in [0.1, 0.15) is 12.0 Å². The molecule has 3 rings (SSSR count). The monoisotopic (exact) mass is 244 g/mol. The van der Waals surface area contributed by atoms with Crippen LogP contribution in [0, 0.1) is 0 Å². The van der Waals surface area contributed by atoms with Crippen LogP contribution in [0.4, 0.5) is 5.82 Å². The van der Waals surface area contributed by atoms with Crippen molar-refractivity contribution in [2.75, 3.05) is 18.0 Å². The molecule has 0 aliphatic carbocycles. The molecule has 18 heavy (non-hydrogen) atoms. The van der Waals surface area contributed by atoms with Crippen molar-refractivity contribution in [1.82, 2.24) is 4.98 Å². The van der Waals surface area contributed by atoms with Gasteiger partial charge in [0.25, 0.3) is 0 Å². The van der Waals surface area contributed by atoms with Crippen LogP contribution in [0.15, 0.2) is 30.3 Å². The lowest BCUT2D eigenvalue weighted by atomic mass is 10.1. The molecule has 2 N–H and O–H groups in total. The first-order valence-electron chi connectivity index (χ1n) is 6.20. The van der Waals surface area contributed by atoms with E-state index < -0.39 is 0 Å². The van der Waals surface area contributed by atoms with Crippen molar-refractivity contribution >= 4 is 16.7 Å². The van der Waals surface area contributed by atoms with Crippen molar-refractivity contribution in [3.8, 4) is 0 Å². The van der Waals surface area contributed by atoms with E-state index in [0.717, 1.165) is 35.2 Å². The first kappa shape index (κ1) is 11.4. The number of aliphatic hydroxyl groups is 2. The van der Waals surface area contributed by atoms with E-state index in [0.29, 0.717) is 6.54 Å². The van der Waals surface area contributed by atoms with E-state index in [2.05, 4.69) is 4.98 Å². The van der Waals surface area contributed by atoms with E-state index in [1.807, 2.05) is 35.2 Å². The van der Waals surface area contributed by atoms with Gasteiger partial charge in [0.2, 0.25) is 0 Å². The van der Waals surface area contributed by atoms with E-state index in [9.17, 15) is 10.2 Å². The summed E-state index contributed by atoms with van der Waals surface area (Å²) in [5.74, 6) is 0.799. The molecule has 94 valence electrons. The Labute approximate surface area is 105 Å². The Morgan fingerprint density at radius 1 is 1.33 bits per heavy atom. The highest BCUT2D eigenvalue weighted by molar-refractivity contribution is 5.81. The third kappa shape index (κ3) is 1.94. The van der Waals surface area contributed by atoms with Crippen LogP contribution < -0.4 is 4.90 Å². The molecular weight excluding hydrogens is 228 g/mol. The fourth-order valence-electron chi connectivity index (χ4n) is 2.47. The van der Waals surface area contributed by atoms with Crippen LogP contribution in [0.2, 0.25) is 0 Å². The Morgan fingerprint density at radius 2 is 2.17 bits per heavy atom. The maximum atomic E-state index is 9.61. The van der Waals surface area contributed by atoms with Gasteiger partial charge < -0.3 is 15.1 Å². The standard InChI is InChI=1S/C14H16N2O2/c17-9-11-7-10-3-1-2-4-13(10)15-14(11)16-6-5-12(18)8-16/h1-4,7,12,17-18H,5-6,8-9H2/t12-/m0/s1. The number of hydrogen-bond acceptors (Lipinski definition) is 4. The Balaban J connectivity index is 2.09. The van der Waals surface area contributed by atoms with Crippen LogP contribution in [-0.2, 0) is 6.61 Å². The minimum atomic E-state index is -0.287. The summed E-state index contributed by atoms with van der Waals surface area (Å²) < 4.78 is 0. The second-order valence-electron chi connectivity index (χ2n) is 4.71. The largest absolute Gasteiger partial charge is 0.392 e. The average Bonchev–Trinajstić information content (AvgIpc) is 2.83. The molecule has 0 radical (unpaired) electrons. The summed E-state index contributed by atoms with van der Waals surface area (Å²) in [6, 6.07) is 9.85. The van der Waals surface area contributed by atoms with Crippen molar-refractivity contribution in [3.05, 3.63) is 35.9 Å². The number of para-hydroxylation sites is 1. The lowest BCUT2D eigenvalue weighted by molar-refractivity contribution is 0.198. The molecule has 0 spiro atoms. The third-order valence-corrected chi connectivity index (χ3v) is 3.41. The summed E-state index contributed by atoms with van der Waals surface area (Å²) in [5.41, 5.74) is 1.74. The van der Waals surface area contributed by atoms with E-state index in [4.69, 9.17) is 0 Å². The van der Waals surface area contributed by atoms with Gasteiger partial charge in [0, 0.05) is 24.0 Å². The number of anilines is 1. The number of rotatable bonds is 2. The molecule has 0 unspecified atom stereocenters. The molecule has 1 atom stereocenters. The summed E-state index contributed by atoms with van der Waals surface area (Å²) in [6.07, 6.45) is 0.476. The molecule has 4 heteroatoms. The van der Waals surface area contributed by atoms with Crippen molar-refractivity contribution in [3.63, 3.8) is 0 Å². The Hall–Kier alpha value is -1.65. The number of nitrogens with zero attached hydrogens (tertiary/aromatic N) is 2. The zero-order valence-electron chi connectivity index (χ0n) is 10.1. The summed E-state index contributed by atoms with van der Waals surface area (Å²) in [5, 5.41) is 20.1. The smallest absolute Gasteiger partial charge is 0.134 e. The molecule has 1 saturated heterocycles. The van der Waals surface area contributed by atoms with Crippen LogP contribution in [-0.4, -0.2) is 34.4 Å². The molecule has 1 aromatic heterocycles. The molecule has 1 fully saturated rings. The number of benzene rings is 1. The number of pyridine rings is 1. The number of aromatic nitrogens is 1. The maximum Gasteiger partial charge on any atom is 0.134 e. The molecule has 4 nitrogen and oxygen atoms in total. The maximum absolute atomic E-state index is 9.61. The number of fused-ring (bicyclic) bond motifs is 1. The predicted octanol–water partition coefficient (Wildman–Crippen LogP) is 1.30. The topological polar surface area (TPSA) is 56.6 Å². The molecule has 2 heterocycles. The van der Waals surface area contributed by atoms with Crippen molar-refractivity contribution in [1.29, 1.82) is 0 Å². The molecule has 0 amide bonds. The summed E-state index contributed by atoms with van der Waals surface area (Å²) in [4.78, 5) is 6.66. The van der Waals surface area contributed by atoms with Gasteiger partial charge in [-0.25, -0.2) is 4.98 Å². The van der Waals surface area contributed by atoms with Crippen LogP contribution >= 0.6 is 0 Å². The lowest BCUT2D eigenvalue weighted by Gasteiger charge is -2.20. The van der Waals surface area contributed by atoms with Gasteiger partial charge in [-0.1, -0.05) is 18.2 Å². The minimum absolute atomic E-state index is 0.0280. The van der Waals surface area contributed by atoms with Gasteiger partial charge in [0.1, 0.15) is 5.82 Å². The molecule has 0 saturated carbocycles. The fraction of sp³-hybridized carbons (Fsp3) is 0.357. The normalized spacial score (nSPS) is 19.7. The van der Waals surface area contributed by atoms with E-state index in [-0.39, 0.29) is 12.7 Å². The van der Waals surface area contributed by atoms with Crippen LogP contribution in [0.5, 0.6) is 0 Å². The average molecular weight is 244 g/mol. The van der Waals surface area contributed by atoms with E-state index >= 15 is 0 Å². The molecule has 1 aromatic carbocycles. The highest BCUT2D eigenvalue weighted by Crippen LogP contribution is 2.26. The zero-order chi connectivity index (χ0) is 12.5. The van der Waals surface area contributed by atoms with E-state index in [1.165, 1.54) is 0 Å². The molecule has 1 aliphatic rings. The Morgan fingerprint density at radius 3 is 2.89 bits per heavy atom. The van der Waals surface area contributed by atoms with Crippen molar-refractivity contribution in [2.24, 2.45) is 0 Å². The first-order valence-corrected chi connectivity index (χ1v) is 6.20. The SMILES string of the molecule is OCc1cc2ccccc2nc1N1CC[C@H](O)C1. The molecular formula is C14H16N2O2. The van der Waals surface area contributed by atoms with E-state index in [1.54, 1.807) is 0 Å². The summed E-state index contributed by atoms with van der Waals surface area (Å²) in [6.45, 7) is 1.36. The van der Waals surface area contributed by atoms with Crippen LogP contribution in [0.25, 0.3) is 10.9 Å². The van der Waals surface area contributed by atoms with Crippen molar-refractivity contribution < 1.29 is 10.2 Å². The van der Waals surface area contributed by atoms with Crippen molar-refractivity contribution in [2.45, 2.75) is 19.1 Å². The predicted molar refractivity (Wildman–Crippen MR) is 70.5 cm³/mol. The zero-order valence-corrected chi connectivity index (χ0v) is 10.1. The number of β-amino-alcohol motifs (C(OH)–C–C–N with tert-alkyl or cyclic N) is 1. The molecule has 0 bridgehead atoms. The quantitative estimate of drug-likeness (QED) is 0.836. The Bertz CT molecular complexity index is 571. The van der Waals surface area contributed by atoms with Gasteiger partial charge in [-0.2, -0.15) is 0 Å². The summed E-state index contributed by atoms with van der Waals surface area (Å²) >= 11 is 0. The lowest BCUT2D eigenvalue weighted by Crippen LogP contribution is -2.23. The number of aliphatic hydroxyl groups excluding tert-OH is 2. The molecule has 2 aromatic rings. The molecule has 1 aliphatic heterocycles. The summed E-state index contributed by atoms with van der Waals surface area (Å²) in [7, 11) is 0.